The smallest absolute Gasteiger partial charge is 0.326 e. The number of carbonyl (C=O) groups is 4. The largest absolute Gasteiger partial charge is 0.481 e. The standard InChI is InChI=1S/C25H31N5O6/c1-30-20-17(27-24(30)36)7-5-13(14-6-8-18(31)28-22(14)33)19(20)29-25(9-3-2-4-10-25)21(32)15-11-26-12-16(15)23(34)35/h5,7,14-16,26,29H,2-4,6,8-12H2,1H3,(H,27,36)(H,34,35)(H,28,31,33). The number of aromatic amines is 1. The number of nitrogens with one attached hydrogen (secondary N) is 4. The third-order valence-corrected chi connectivity index (χ3v) is 8.12. The molecule has 2 aliphatic heterocycles. The van der Waals surface area contributed by atoms with Crippen molar-refractivity contribution in [1.82, 2.24) is 20.2 Å². The van der Waals surface area contributed by atoms with E-state index >= 15 is 0 Å². The van der Waals surface area contributed by atoms with E-state index in [1.54, 1.807) is 19.2 Å². The molecule has 1 aliphatic carbocycles. The SMILES string of the molecule is Cn1c(=O)[nH]c2ccc(C3CCC(=O)NC3=O)c(NC3(C(=O)C4CNCC4C(=O)O)CCCCC3)c21. The molecule has 3 heterocycles. The molecule has 192 valence electrons. The van der Waals surface area contributed by atoms with Crippen molar-refractivity contribution in [1.29, 1.82) is 0 Å². The molecule has 1 aromatic heterocycles. The monoisotopic (exact) mass is 497 g/mol. The fourth-order valence-corrected chi connectivity index (χ4v) is 6.16. The lowest BCUT2D eigenvalue weighted by molar-refractivity contribution is -0.146. The van der Waals surface area contributed by atoms with Gasteiger partial charge in [0.15, 0.2) is 5.78 Å². The van der Waals surface area contributed by atoms with Gasteiger partial charge in [-0.1, -0.05) is 25.3 Å². The molecular weight excluding hydrogens is 466 g/mol. The number of nitrogens with zero attached hydrogens (tertiary/aromatic N) is 1. The van der Waals surface area contributed by atoms with E-state index in [2.05, 4.69) is 20.9 Å². The number of amides is 2. The van der Waals surface area contributed by atoms with Crippen LogP contribution in [-0.4, -0.2) is 56.9 Å². The zero-order valence-corrected chi connectivity index (χ0v) is 20.2. The number of hydrogen-bond donors (Lipinski definition) is 5. The number of aliphatic carboxylic acids is 1. The molecule has 5 N–H and O–H groups in total. The Bertz CT molecular complexity index is 1300. The fraction of sp³-hybridized carbons (Fsp3) is 0.560. The number of hydrogen-bond acceptors (Lipinski definition) is 7. The number of carboxylic acids is 1. The van der Waals surface area contributed by atoms with Gasteiger partial charge in [0, 0.05) is 32.5 Å². The van der Waals surface area contributed by atoms with Crippen LogP contribution in [0.25, 0.3) is 11.0 Å². The summed E-state index contributed by atoms with van der Waals surface area (Å²) in [4.78, 5) is 66.0. The van der Waals surface area contributed by atoms with Gasteiger partial charge in [0.05, 0.1) is 34.1 Å². The molecule has 1 aromatic carbocycles. The van der Waals surface area contributed by atoms with Gasteiger partial charge in [-0.2, -0.15) is 0 Å². The van der Waals surface area contributed by atoms with Crippen molar-refractivity contribution in [3.63, 3.8) is 0 Å². The predicted octanol–water partition coefficient (Wildman–Crippen LogP) is 0.991. The second-order valence-corrected chi connectivity index (χ2v) is 10.3. The number of aryl methyl sites for hydroxylation is 1. The number of fused-ring (bicyclic) bond motifs is 1. The Morgan fingerprint density at radius 1 is 1.08 bits per heavy atom. The van der Waals surface area contributed by atoms with Gasteiger partial charge in [0.2, 0.25) is 11.8 Å². The van der Waals surface area contributed by atoms with Gasteiger partial charge in [-0.3, -0.25) is 29.1 Å². The molecule has 3 aliphatic rings. The van der Waals surface area contributed by atoms with Gasteiger partial charge in [0.1, 0.15) is 0 Å². The van der Waals surface area contributed by atoms with Crippen LogP contribution in [-0.2, 0) is 26.2 Å². The topological polar surface area (TPSA) is 162 Å². The Morgan fingerprint density at radius 3 is 2.50 bits per heavy atom. The molecule has 2 saturated heterocycles. The van der Waals surface area contributed by atoms with Crippen LogP contribution in [0.15, 0.2) is 16.9 Å². The van der Waals surface area contributed by atoms with E-state index in [0.717, 1.165) is 19.3 Å². The van der Waals surface area contributed by atoms with Crippen LogP contribution in [0.5, 0.6) is 0 Å². The molecule has 2 aromatic rings. The summed E-state index contributed by atoms with van der Waals surface area (Å²) in [7, 11) is 1.62. The van der Waals surface area contributed by atoms with Crippen molar-refractivity contribution < 1.29 is 24.3 Å². The average Bonchev–Trinajstić information content (AvgIpc) is 3.45. The van der Waals surface area contributed by atoms with Crippen LogP contribution in [0, 0.1) is 11.8 Å². The Hall–Kier alpha value is -3.47. The normalized spacial score (nSPS) is 26.1. The van der Waals surface area contributed by atoms with Gasteiger partial charge in [-0.15, -0.1) is 0 Å². The number of benzene rings is 1. The lowest BCUT2D eigenvalue weighted by Crippen LogP contribution is -2.53. The maximum Gasteiger partial charge on any atom is 0.326 e. The van der Waals surface area contributed by atoms with E-state index in [1.165, 1.54) is 4.57 Å². The molecule has 36 heavy (non-hydrogen) atoms. The van der Waals surface area contributed by atoms with E-state index in [1.807, 2.05) is 0 Å². The fourth-order valence-electron chi connectivity index (χ4n) is 6.16. The first-order valence-corrected chi connectivity index (χ1v) is 12.5. The molecule has 0 spiro atoms. The maximum atomic E-state index is 14.1. The highest BCUT2D eigenvalue weighted by Gasteiger charge is 2.49. The Kier molecular flexibility index (Phi) is 6.19. The molecule has 3 atom stereocenters. The lowest BCUT2D eigenvalue weighted by atomic mass is 9.72. The highest BCUT2D eigenvalue weighted by atomic mass is 16.4. The summed E-state index contributed by atoms with van der Waals surface area (Å²) in [5, 5.41) is 18.7. The van der Waals surface area contributed by atoms with Crippen LogP contribution in [0.3, 0.4) is 0 Å². The number of piperidine rings is 1. The second-order valence-electron chi connectivity index (χ2n) is 10.3. The number of carboxylic acid groups (broad SMARTS) is 1. The third-order valence-electron chi connectivity index (χ3n) is 8.12. The first kappa shape index (κ1) is 24.2. The van der Waals surface area contributed by atoms with Gasteiger partial charge in [-0.25, -0.2) is 4.79 Å². The van der Waals surface area contributed by atoms with Crippen molar-refractivity contribution in [3.8, 4) is 0 Å². The number of rotatable bonds is 6. The zero-order valence-electron chi connectivity index (χ0n) is 20.2. The van der Waals surface area contributed by atoms with E-state index in [-0.39, 0.29) is 30.3 Å². The number of H-pyrrole nitrogens is 1. The quantitative estimate of drug-likeness (QED) is 0.369. The first-order valence-electron chi connectivity index (χ1n) is 12.5. The Balaban J connectivity index is 1.64. The number of aromatic nitrogens is 2. The summed E-state index contributed by atoms with van der Waals surface area (Å²) in [5.41, 5.74) is 0.864. The predicted molar refractivity (Wildman–Crippen MR) is 131 cm³/mol. The van der Waals surface area contributed by atoms with Gasteiger partial charge in [0.25, 0.3) is 0 Å². The number of imidazole rings is 1. The first-order chi connectivity index (χ1) is 17.2. The molecule has 3 fully saturated rings. The molecule has 0 bridgehead atoms. The zero-order chi connectivity index (χ0) is 25.6. The number of imide groups is 1. The minimum atomic E-state index is -1.03. The second kappa shape index (κ2) is 9.20. The number of anilines is 1. The third kappa shape index (κ3) is 4.01. The summed E-state index contributed by atoms with van der Waals surface area (Å²) in [6.07, 6.45) is 4.12. The van der Waals surface area contributed by atoms with Gasteiger partial charge >= 0.3 is 11.7 Å². The number of Topliss-reactive ketones (excluding diaryl/α,β-unsaturated/α-hetero) is 1. The van der Waals surface area contributed by atoms with Crippen molar-refractivity contribution in [2.75, 3.05) is 18.4 Å². The van der Waals surface area contributed by atoms with Crippen molar-refractivity contribution in [3.05, 3.63) is 28.2 Å². The minimum absolute atomic E-state index is 0.147. The van der Waals surface area contributed by atoms with E-state index in [4.69, 9.17) is 0 Å². The van der Waals surface area contributed by atoms with Crippen LogP contribution in [0.1, 0.15) is 56.4 Å². The maximum absolute atomic E-state index is 14.1. The van der Waals surface area contributed by atoms with Crippen molar-refractivity contribution in [2.24, 2.45) is 18.9 Å². The summed E-state index contributed by atoms with van der Waals surface area (Å²) >= 11 is 0. The van der Waals surface area contributed by atoms with Gasteiger partial charge < -0.3 is 20.7 Å². The van der Waals surface area contributed by atoms with Crippen LogP contribution < -0.4 is 21.6 Å². The molecule has 0 radical (unpaired) electrons. The molecule has 1 saturated carbocycles. The van der Waals surface area contributed by atoms with E-state index < -0.39 is 35.2 Å². The van der Waals surface area contributed by atoms with Crippen LogP contribution in [0.2, 0.25) is 0 Å². The summed E-state index contributed by atoms with van der Waals surface area (Å²) in [6.45, 7) is 0.539. The summed E-state index contributed by atoms with van der Waals surface area (Å²) in [5.74, 6) is -4.00. The minimum Gasteiger partial charge on any atom is -0.481 e. The van der Waals surface area contributed by atoms with Gasteiger partial charge in [-0.05, 0) is 30.9 Å². The van der Waals surface area contributed by atoms with E-state index in [9.17, 15) is 29.1 Å². The van der Waals surface area contributed by atoms with Crippen molar-refractivity contribution >= 4 is 40.3 Å². The number of ketones is 1. The highest BCUT2D eigenvalue weighted by Crippen LogP contribution is 2.42. The molecule has 2 amide bonds. The summed E-state index contributed by atoms with van der Waals surface area (Å²) in [6, 6.07) is 3.50. The van der Waals surface area contributed by atoms with Crippen LogP contribution >= 0.6 is 0 Å². The number of carbonyl (C=O) groups excluding carboxylic acids is 3. The Morgan fingerprint density at radius 2 is 1.81 bits per heavy atom. The molecular formula is C25H31N5O6. The molecule has 5 rings (SSSR count). The highest BCUT2D eigenvalue weighted by molar-refractivity contribution is 6.04. The van der Waals surface area contributed by atoms with E-state index in [0.29, 0.717) is 48.1 Å². The van der Waals surface area contributed by atoms with Crippen molar-refractivity contribution in [2.45, 2.75) is 56.4 Å². The summed E-state index contributed by atoms with van der Waals surface area (Å²) < 4.78 is 1.45. The van der Waals surface area contributed by atoms with Crippen LogP contribution in [0.4, 0.5) is 5.69 Å². The lowest BCUT2D eigenvalue weighted by Gasteiger charge is -2.41. The molecule has 11 nitrogen and oxygen atoms in total. The average molecular weight is 498 g/mol. The Labute approximate surface area is 207 Å². The molecule has 3 unspecified atom stereocenters. The molecule has 11 heteroatoms.